The Bertz CT molecular complexity index is 415. The van der Waals surface area contributed by atoms with E-state index in [0.717, 1.165) is 18.6 Å². The number of halogens is 3. The van der Waals surface area contributed by atoms with Gasteiger partial charge in [-0.2, -0.15) is 13.2 Å². The maximum atomic E-state index is 12.3. The first-order chi connectivity index (χ1) is 8.82. The van der Waals surface area contributed by atoms with E-state index >= 15 is 0 Å². The third-order valence-corrected chi connectivity index (χ3v) is 2.57. The molecule has 1 aromatic rings. The second kappa shape index (κ2) is 6.45. The molecule has 0 aromatic heterocycles. The number of hydrogen-bond donors (Lipinski definition) is 1. The van der Waals surface area contributed by atoms with Gasteiger partial charge in [-0.1, -0.05) is 6.92 Å². The summed E-state index contributed by atoms with van der Waals surface area (Å²) in [5, 5.41) is 2.69. The second-order valence-corrected chi connectivity index (χ2v) is 4.19. The van der Waals surface area contributed by atoms with Crippen molar-refractivity contribution >= 4 is 5.91 Å². The molecule has 0 spiro atoms. The third-order valence-electron chi connectivity index (χ3n) is 2.57. The molecule has 0 aliphatic heterocycles. The van der Waals surface area contributed by atoms with E-state index in [-0.39, 0.29) is 24.3 Å². The molecule has 1 unspecified atom stereocenters. The molecule has 0 fully saturated rings. The van der Waals surface area contributed by atoms with Crippen molar-refractivity contribution in [1.82, 2.24) is 5.32 Å². The van der Waals surface area contributed by atoms with E-state index in [1.807, 2.05) is 13.8 Å². The minimum atomic E-state index is -4.37. The van der Waals surface area contributed by atoms with Gasteiger partial charge >= 0.3 is 6.18 Å². The standard InChI is InChI=1S/C13H16F3NO2/c1-3-9(2)17-12(18)8-19-11-6-4-10(5-7-11)13(14,15)16/h4-7,9H,3,8H2,1-2H3,(H,17,18). The van der Waals surface area contributed by atoms with Crippen molar-refractivity contribution < 1.29 is 22.7 Å². The van der Waals surface area contributed by atoms with Crippen LogP contribution in [0.15, 0.2) is 24.3 Å². The molecule has 0 radical (unpaired) electrons. The Morgan fingerprint density at radius 2 is 1.89 bits per heavy atom. The fraction of sp³-hybridized carbons (Fsp3) is 0.462. The monoisotopic (exact) mass is 275 g/mol. The van der Waals surface area contributed by atoms with E-state index in [1.165, 1.54) is 12.1 Å². The Balaban J connectivity index is 2.48. The zero-order chi connectivity index (χ0) is 14.5. The van der Waals surface area contributed by atoms with Crippen LogP contribution in [0.4, 0.5) is 13.2 Å². The molecule has 0 saturated heterocycles. The van der Waals surface area contributed by atoms with Crippen LogP contribution in [-0.4, -0.2) is 18.6 Å². The van der Waals surface area contributed by atoms with E-state index in [4.69, 9.17) is 4.74 Å². The number of alkyl halides is 3. The molecule has 0 heterocycles. The molecule has 1 rings (SSSR count). The van der Waals surface area contributed by atoms with Crippen LogP contribution in [0.1, 0.15) is 25.8 Å². The van der Waals surface area contributed by atoms with Gasteiger partial charge in [0.15, 0.2) is 6.61 Å². The lowest BCUT2D eigenvalue weighted by Crippen LogP contribution is -2.35. The van der Waals surface area contributed by atoms with Crippen molar-refractivity contribution in [3.8, 4) is 5.75 Å². The highest BCUT2D eigenvalue weighted by Crippen LogP contribution is 2.30. The van der Waals surface area contributed by atoms with Crippen LogP contribution in [0.2, 0.25) is 0 Å². The maximum Gasteiger partial charge on any atom is 0.416 e. The number of benzene rings is 1. The maximum absolute atomic E-state index is 12.3. The molecule has 0 bridgehead atoms. The normalized spacial score (nSPS) is 12.9. The van der Waals surface area contributed by atoms with E-state index in [1.54, 1.807) is 0 Å². The van der Waals surface area contributed by atoms with Crippen molar-refractivity contribution in [2.24, 2.45) is 0 Å². The van der Waals surface area contributed by atoms with Gasteiger partial charge in [-0.3, -0.25) is 4.79 Å². The quantitative estimate of drug-likeness (QED) is 0.897. The van der Waals surface area contributed by atoms with Crippen molar-refractivity contribution in [1.29, 1.82) is 0 Å². The summed E-state index contributed by atoms with van der Waals surface area (Å²) in [7, 11) is 0. The number of nitrogens with one attached hydrogen (secondary N) is 1. The largest absolute Gasteiger partial charge is 0.484 e. The highest BCUT2D eigenvalue weighted by atomic mass is 19.4. The van der Waals surface area contributed by atoms with Gasteiger partial charge in [0.1, 0.15) is 5.75 Å². The molecule has 1 amide bonds. The van der Waals surface area contributed by atoms with Crippen molar-refractivity contribution in [2.45, 2.75) is 32.5 Å². The molecular weight excluding hydrogens is 259 g/mol. The highest BCUT2D eigenvalue weighted by molar-refractivity contribution is 5.77. The van der Waals surface area contributed by atoms with Crippen LogP contribution in [-0.2, 0) is 11.0 Å². The number of carbonyl (C=O) groups is 1. The van der Waals surface area contributed by atoms with Crippen LogP contribution >= 0.6 is 0 Å². The SMILES string of the molecule is CCC(C)NC(=O)COc1ccc(C(F)(F)F)cc1. The lowest BCUT2D eigenvalue weighted by Gasteiger charge is -2.12. The number of hydrogen-bond acceptors (Lipinski definition) is 2. The van der Waals surface area contributed by atoms with Gasteiger partial charge in [-0.25, -0.2) is 0 Å². The summed E-state index contributed by atoms with van der Waals surface area (Å²) >= 11 is 0. The molecule has 19 heavy (non-hydrogen) atoms. The fourth-order valence-corrected chi connectivity index (χ4v) is 1.31. The lowest BCUT2D eigenvalue weighted by atomic mass is 10.2. The van der Waals surface area contributed by atoms with Gasteiger partial charge < -0.3 is 10.1 Å². The van der Waals surface area contributed by atoms with E-state index < -0.39 is 11.7 Å². The number of amides is 1. The third kappa shape index (κ3) is 5.19. The predicted molar refractivity (Wildman–Crippen MR) is 64.8 cm³/mol. The lowest BCUT2D eigenvalue weighted by molar-refractivity contribution is -0.137. The van der Waals surface area contributed by atoms with Crippen LogP contribution in [0.3, 0.4) is 0 Å². The Labute approximate surface area is 109 Å². The molecule has 6 heteroatoms. The summed E-state index contributed by atoms with van der Waals surface area (Å²) in [6.07, 6.45) is -3.57. The summed E-state index contributed by atoms with van der Waals surface area (Å²) < 4.78 is 42.0. The van der Waals surface area contributed by atoms with Gasteiger partial charge in [0.25, 0.3) is 5.91 Å². The van der Waals surface area contributed by atoms with E-state index in [0.29, 0.717) is 0 Å². The molecule has 1 N–H and O–H groups in total. The molecule has 0 aliphatic carbocycles. The first kappa shape index (κ1) is 15.3. The fourth-order valence-electron chi connectivity index (χ4n) is 1.31. The van der Waals surface area contributed by atoms with Gasteiger partial charge in [0.2, 0.25) is 0 Å². The summed E-state index contributed by atoms with van der Waals surface area (Å²) in [6.45, 7) is 3.58. The van der Waals surface area contributed by atoms with E-state index in [2.05, 4.69) is 5.32 Å². The van der Waals surface area contributed by atoms with E-state index in [9.17, 15) is 18.0 Å². The number of carbonyl (C=O) groups excluding carboxylic acids is 1. The van der Waals surface area contributed by atoms with Crippen LogP contribution < -0.4 is 10.1 Å². The Kier molecular flexibility index (Phi) is 5.20. The molecule has 106 valence electrons. The minimum Gasteiger partial charge on any atom is -0.484 e. The van der Waals surface area contributed by atoms with Crippen molar-refractivity contribution in [2.75, 3.05) is 6.61 Å². The highest BCUT2D eigenvalue weighted by Gasteiger charge is 2.30. The molecule has 3 nitrogen and oxygen atoms in total. The van der Waals surface area contributed by atoms with Gasteiger partial charge in [0.05, 0.1) is 5.56 Å². The number of ether oxygens (including phenoxy) is 1. The predicted octanol–water partition coefficient (Wildman–Crippen LogP) is 3.00. The zero-order valence-electron chi connectivity index (χ0n) is 10.8. The molecular formula is C13H16F3NO2. The van der Waals surface area contributed by atoms with Crippen LogP contribution in [0.25, 0.3) is 0 Å². The summed E-state index contributed by atoms with van der Waals surface area (Å²) in [5.41, 5.74) is -0.746. The van der Waals surface area contributed by atoms with Crippen LogP contribution in [0.5, 0.6) is 5.75 Å². The summed E-state index contributed by atoms with van der Waals surface area (Å²) in [6, 6.07) is 4.27. The average molecular weight is 275 g/mol. The molecule has 1 atom stereocenters. The first-order valence-corrected chi connectivity index (χ1v) is 5.92. The van der Waals surface area contributed by atoms with Gasteiger partial charge in [-0.05, 0) is 37.6 Å². The first-order valence-electron chi connectivity index (χ1n) is 5.92. The van der Waals surface area contributed by atoms with Crippen LogP contribution in [0, 0.1) is 0 Å². The van der Waals surface area contributed by atoms with Crippen molar-refractivity contribution in [3.05, 3.63) is 29.8 Å². The Morgan fingerprint density at radius 1 is 1.32 bits per heavy atom. The topological polar surface area (TPSA) is 38.3 Å². The average Bonchev–Trinajstić information content (AvgIpc) is 2.35. The van der Waals surface area contributed by atoms with Gasteiger partial charge in [0, 0.05) is 6.04 Å². The number of rotatable bonds is 5. The summed E-state index contributed by atoms with van der Waals surface area (Å²) in [5.74, 6) is -0.0680. The molecule has 1 aromatic carbocycles. The second-order valence-electron chi connectivity index (χ2n) is 4.19. The Hall–Kier alpha value is -1.72. The van der Waals surface area contributed by atoms with Gasteiger partial charge in [-0.15, -0.1) is 0 Å². The Morgan fingerprint density at radius 3 is 2.37 bits per heavy atom. The molecule has 0 aliphatic rings. The van der Waals surface area contributed by atoms with Crippen molar-refractivity contribution in [3.63, 3.8) is 0 Å². The zero-order valence-corrected chi connectivity index (χ0v) is 10.8. The minimum absolute atomic E-state index is 0.0451. The summed E-state index contributed by atoms with van der Waals surface area (Å²) in [4.78, 5) is 11.4. The molecule has 0 saturated carbocycles. The smallest absolute Gasteiger partial charge is 0.416 e.